The Kier molecular flexibility index (Phi) is 3.27. The van der Waals surface area contributed by atoms with Gasteiger partial charge >= 0.3 is 0 Å². The number of benzene rings is 1. The fourth-order valence-corrected chi connectivity index (χ4v) is 2.58. The number of fused-ring (bicyclic) bond motifs is 1. The summed E-state index contributed by atoms with van der Waals surface area (Å²) in [6.45, 7) is 0. The number of carbonyl (C=O) groups excluding carboxylic acids is 2. The van der Waals surface area contributed by atoms with Gasteiger partial charge in [-0.3, -0.25) is 34.4 Å². The number of phenols is 1. The minimum Gasteiger partial charge on any atom is -0.504 e. The molecule has 122 valence electrons. The monoisotopic (exact) mass is 350 g/mol. The number of nitro groups is 1. The molecule has 2 heterocycles. The molecule has 1 aromatic heterocycles. The summed E-state index contributed by atoms with van der Waals surface area (Å²) in [6.07, 6.45) is 0. The van der Waals surface area contributed by atoms with E-state index in [0.29, 0.717) is 4.57 Å². The highest BCUT2D eigenvalue weighted by Gasteiger charge is 2.32. The van der Waals surface area contributed by atoms with E-state index in [1.165, 1.54) is 0 Å². The molecule has 2 aromatic rings. The number of anilines is 1. The number of nitro benzene ring substituents is 1. The van der Waals surface area contributed by atoms with Crippen molar-refractivity contribution in [2.75, 3.05) is 5.73 Å². The van der Waals surface area contributed by atoms with E-state index >= 15 is 0 Å². The van der Waals surface area contributed by atoms with Gasteiger partial charge in [0, 0.05) is 18.2 Å². The summed E-state index contributed by atoms with van der Waals surface area (Å²) in [6, 6.07) is 2.61. The van der Waals surface area contributed by atoms with Crippen molar-refractivity contribution in [1.82, 2.24) is 9.88 Å². The van der Waals surface area contributed by atoms with Crippen LogP contribution in [-0.4, -0.2) is 26.4 Å². The second kappa shape index (κ2) is 5.06. The van der Waals surface area contributed by atoms with Gasteiger partial charge in [0.25, 0.3) is 23.1 Å². The average molecular weight is 351 g/mol. The highest BCUT2D eigenvalue weighted by atomic mass is 35.5. The van der Waals surface area contributed by atoms with Crippen LogP contribution < -0.4 is 16.6 Å². The van der Waals surface area contributed by atoms with Crippen LogP contribution in [0.1, 0.15) is 20.7 Å². The Morgan fingerprint density at radius 3 is 2.50 bits per heavy atom. The minimum absolute atomic E-state index is 0.213. The number of hydrogen-bond acceptors (Lipinski definition) is 7. The zero-order valence-corrected chi connectivity index (χ0v) is 12.3. The number of non-ortho nitro benzene ring substituents is 1. The Morgan fingerprint density at radius 1 is 1.21 bits per heavy atom. The molecule has 0 bridgehead atoms. The van der Waals surface area contributed by atoms with Gasteiger partial charge in [-0.15, -0.1) is 0 Å². The molecule has 4 N–H and O–H groups in total. The fourth-order valence-electron chi connectivity index (χ4n) is 2.37. The molecule has 24 heavy (non-hydrogen) atoms. The van der Waals surface area contributed by atoms with E-state index in [-0.39, 0.29) is 21.8 Å². The van der Waals surface area contributed by atoms with E-state index in [0.717, 1.165) is 18.2 Å². The van der Waals surface area contributed by atoms with Gasteiger partial charge < -0.3 is 10.8 Å². The lowest BCUT2D eigenvalue weighted by molar-refractivity contribution is -0.384. The number of halogens is 1. The highest BCUT2D eigenvalue weighted by Crippen LogP contribution is 2.36. The highest BCUT2D eigenvalue weighted by molar-refractivity contribution is 6.32. The number of aromatic nitrogens is 1. The van der Waals surface area contributed by atoms with Gasteiger partial charge in [-0.1, -0.05) is 11.6 Å². The number of carbonyl (C=O) groups is 2. The van der Waals surface area contributed by atoms with Gasteiger partial charge in [-0.25, -0.2) is 0 Å². The van der Waals surface area contributed by atoms with E-state index in [1.807, 2.05) is 5.32 Å². The number of nitrogens with two attached hydrogens (primary N) is 1. The van der Waals surface area contributed by atoms with Gasteiger partial charge in [-0.2, -0.15) is 0 Å². The van der Waals surface area contributed by atoms with Crippen LogP contribution in [0.2, 0.25) is 5.02 Å². The lowest BCUT2D eigenvalue weighted by Gasteiger charge is -2.13. The van der Waals surface area contributed by atoms with Crippen molar-refractivity contribution in [3.8, 4) is 11.4 Å². The smallest absolute Gasteiger partial charge is 0.273 e. The number of nitrogen functional groups attached to an aromatic ring is 1. The van der Waals surface area contributed by atoms with Crippen molar-refractivity contribution in [2.24, 2.45) is 0 Å². The van der Waals surface area contributed by atoms with Crippen LogP contribution in [0.4, 0.5) is 11.5 Å². The summed E-state index contributed by atoms with van der Waals surface area (Å²) in [5, 5.41) is 22.6. The Labute approximate surface area is 137 Å². The van der Waals surface area contributed by atoms with Crippen LogP contribution in [0.5, 0.6) is 5.75 Å². The first-order valence-electron chi connectivity index (χ1n) is 6.31. The van der Waals surface area contributed by atoms with Crippen molar-refractivity contribution in [2.45, 2.75) is 0 Å². The van der Waals surface area contributed by atoms with Gasteiger partial charge in [0.2, 0.25) is 0 Å². The van der Waals surface area contributed by atoms with Crippen molar-refractivity contribution >= 4 is 34.9 Å². The number of rotatable bonds is 2. The van der Waals surface area contributed by atoms with Crippen molar-refractivity contribution in [3.63, 3.8) is 0 Å². The maximum atomic E-state index is 12.3. The second-order valence-corrected chi connectivity index (χ2v) is 5.23. The molecule has 2 amide bonds. The number of aromatic hydroxyl groups is 1. The first kappa shape index (κ1) is 15.5. The molecule has 0 radical (unpaired) electrons. The molecule has 1 aromatic carbocycles. The van der Waals surface area contributed by atoms with Crippen molar-refractivity contribution < 1.29 is 19.6 Å². The molecule has 0 aliphatic carbocycles. The normalized spacial score (nSPS) is 12.9. The first-order valence-corrected chi connectivity index (χ1v) is 6.68. The Bertz CT molecular complexity index is 1010. The lowest BCUT2D eigenvalue weighted by Crippen LogP contribution is -2.24. The third-order valence-electron chi connectivity index (χ3n) is 3.43. The Balaban J connectivity index is 2.39. The van der Waals surface area contributed by atoms with Gasteiger partial charge in [0.1, 0.15) is 11.5 Å². The van der Waals surface area contributed by atoms with E-state index in [9.17, 15) is 29.6 Å². The maximum Gasteiger partial charge on any atom is 0.273 e. The summed E-state index contributed by atoms with van der Waals surface area (Å²) in [5.74, 6) is -2.70. The van der Waals surface area contributed by atoms with E-state index in [4.69, 9.17) is 17.3 Å². The van der Waals surface area contributed by atoms with Crippen LogP contribution in [0, 0.1) is 10.1 Å². The number of nitrogens with zero attached hydrogens (tertiary/aromatic N) is 2. The predicted octanol–water partition coefficient (Wildman–Crippen LogP) is 0.570. The van der Waals surface area contributed by atoms with Crippen LogP contribution in [0.3, 0.4) is 0 Å². The lowest BCUT2D eigenvalue weighted by atomic mass is 10.1. The molecular formula is C13H7ClN4O6. The van der Waals surface area contributed by atoms with E-state index in [1.54, 1.807) is 0 Å². The molecular weight excluding hydrogens is 344 g/mol. The molecule has 0 atom stereocenters. The summed E-state index contributed by atoms with van der Waals surface area (Å²) in [4.78, 5) is 45.8. The SMILES string of the molecule is Nc1c2c(cc(=O)n1-c1cc([N+](=O)[O-])cc(Cl)c1O)C(=O)NC2=O. The van der Waals surface area contributed by atoms with Crippen LogP contribution in [0.25, 0.3) is 5.69 Å². The standard InChI is InChI=1S/C13H7ClN4O6/c14-6-1-4(18(23)24)2-7(10(6)20)17-8(19)3-5-9(11(17)15)13(22)16-12(5)21/h1-3,20H,15H2,(H,16,21,22). The number of hydrogen-bond donors (Lipinski definition) is 3. The number of pyridine rings is 1. The molecule has 1 aliphatic heterocycles. The molecule has 0 unspecified atom stereocenters. The van der Waals surface area contributed by atoms with Crippen molar-refractivity contribution in [3.05, 3.63) is 54.8 Å². The van der Waals surface area contributed by atoms with Crippen LogP contribution >= 0.6 is 11.6 Å². The molecule has 3 rings (SSSR count). The predicted molar refractivity (Wildman–Crippen MR) is 81.6 cm³/mol. The molecule has 0 saturated carbocycles. The van der Waals surface area contributed by atoms with E-state index in [2.05, 4.69) is 0 Å². The fraction of sp³-hybridized carbons (Fsp3) is 0. The average Bonchev–Trinajstić information content (AvgIpc) is 2.77. The van der Waals surface area contributed by atoms with Crippen LogP contribution in [0.15, 0.2) is 23.0 Å². The zero-order chi connectivity index (χ0) is 17.8. The Morgan fingerprint density at radius 2 is 1.88 bits per heavy atom. The molecule has 1 aliphatic rings. The molecule has 0 saturated heterocycles. The topological polar surface area (TPSA) is 158 Å². The van der Waals surface area contributed by atoms with E-state index < -0.39 is 39.6 Å². The summed E-state index contributed by atoms with van der Waals surface area (Å²) in [5.41, 5.74) is 3.56. The molecule has 0 spiro atoms. The van der Waals surface area contributed by atoms with Gasteiger partial charge in [-0.05, 0) is 0 Å². The molecule has 11 heteroatoms. The summed E-state index contributed by atoms with van der Waals surface area (Å²) < 4.78 is 0.672. The molecule has 10 nitrogen and oxygen atoms in total. The summed E-state index contributed by atoms with van der Waals surface area (Å²) in [7, 11) is 0. The van der Waals surface area contributed by atoms with Crippen LogP contribution in [-0.2, 0) is 0 Å². The largest absolute Gasteiger partial charge is 0.504 e. The van der Waals surface area contributed by atoms with Gasteiger partial charge in [0.15, 0.2) is 5.75 Å². The number of imide groups is 1. The third-order valence-corrected chi connectivity index (χ3v) is 3.72. The first-order chi connectivity index (χ1) is 11.2. The number of nitrogens with one attached hydrogen (secondary N) is 1. The third kappa shape index (κ3) is 2.08. The summed E-state index contributed by atoms with van der Waals surface area (Å²) >= 11 is 5.74. The van der Waals surface area contributed by atoms with Crippen molar-refractivity contribution in [1.29, 1.82) is 0 Å². The number of amides is 2. The number of phenolic OH excluding ortho intramolecular Hbond substituents is 1. The molecule has 0 fully saturated rings. The maximum absolute atomic E-state index is 12.3. The van der Waals surface area contributed by atoms with Gasteiger partial charge in [0.05, 0.1) is 21.1 Å². The zero-order valence-electron chi connectivity index (χ0n) is 11.6. The Hall–Kier alpha value is -3.40. The quantitative estimate of drug-likeness (QED) is 0.405. The minimum atomic E-state index is -0.872. The second-order valence-electron chi connectivity index (χ2n) is 4.83.